The maximum absolute atomic E-state index is 12.0. The molecule has 3 heterocycles. The van der Waals surface area contributed by atoms with Crippen molar-refractivity contribution in [2.45, 2.75) is 20.1 Å². The van der Waals surface area contributed by atoms with Crippen LogP contribution in [0.2, 0.25) is 0 Å². The van der Waals surface area contributed by atoms with Gasteiger partial charge in [-0.25, -0.2) is 0 Å². The molecule has 0 bridgehead atoms. The molecule has 0 fully saturated rings. The van der Waals surface area contributed by atoms with E-state index >= 15 is 0 Å². The van der Waals surface area contributed by atoms with Crippen LogP contribution in [0.25, 0.3) is 11.1 Å². The number of benzene rings is 1. The van der Waals surface area contributed by atoms with Crippen LogP contribution in [-0.2, 0) is 27.2 Å². The first-order chi connectivity index (χ1) is 12.0. The number of aromatic nitrogens is 4. The Morgan fingerprint density at radius 1 is 1.16 bits per heavy atom. The average molecular weight is 337 g/mol. The molecule has 0 atom stereocenters. The second-order valence-electron chi connectivity index (χ2n) is 6.26. The summed E-state index contributed by atoms with van der Waals surface area (Å²) < 4.78 is 9.57. The Morgan fingerprint density at radius 3 is 2.68 bits per heavy atom. The number of rotatable bonds is 4. The summed E-state index contributed by atoms with van der Waals surface area (Å²) in [6.45, 7) is 2.85. The van der Waals surface area contributed by atoms with Gasteiger partial charge in [-0.1, -0.05) is 0 Å². The SMILES string of the molecule is Cc1nn(C)cc1-c1cc2c(cc1OCc1ccn(C)n1)CNC2=O. The molecule has 0 spiro atoms. The molecule has 0 saturated heterocycles. The van der Waals surface area contributed by atoms with Crippen molar-refractivity contribution in [3.63, 3.8) is 0 Å². The lowest BCUT2D eigenvalue weighted by Gasteiger charge is -2.12. The summed E-state index contributed by atoms with van der Waals surface area (Å²) in [4.78, 5) is 12.0. The number of carbonyl (C=O) groups is 1. The summed E-state index contributed by atoms with van der Waals surface area (Å²) in [7, 11) is 3.76. The summed E-state index contributed by atoms with van der Waals surface area (Å²) in [5, 5.41) is 11.6. The molecule has 25 heavy (non-hydrogen) atoms. The number of nitrogens with one attached hydrogen (secondary N) is 1. The number of fused-ring (bicyclic) bond motifs is 1. The Bertz CT molecular complexity index is 970. The number of ether oxygens (including phenoxy) is 1. The van der Waals surface area contributed by atoms with Gasteiger partial charge in [-0.3, -0.25) is 14.2 Å². The fourth-order valence-corrected chi connectivity index (χ4v) is 3.14. The number of hydrogen-bond donors (Lipinski definition) is 1. The minimum atomic E-state index is -0.0472. The maximum Gasteiger partial charge on any atom is 0.251 e. The van der Waals surface area contributed by atoms with Gasteiger partial charge >= 0.3 is 0 Å². The lowest BCUT2D eigenvalue weighted by molar-refractivity contribution is 0.0966. The van der Waals surface area contributed by atoms with Crippen molar-refractivity contribution in [1.29, 1.82) is 0 Å². The van der Waals surface area contributed by atoms with Gasteiger partial charge in [-0.05, 0) is 30.7 Å². The molecule has 1 aromatic carbocycles. The Balaban J connectivity index is 1.76. The Hall–Kier alpha value is -3.09. The van der Waals surface area contributed by atoms with Gasteiger partial charge in [0.2, 0.25) is 0 Å². The molecule has 7 heteroatoms. The van der Waals surface area contributed by atoms with E-state index in [9.17, 15) is 4.79 Å². The van der Waals surface area contributed by atoms with Crippen LogP contribution in [0.15, 0.2) is 30.6 Å². The smallest absolute Gasteiger partial charge is 0.251 e. The van der Waals surface area contributed by atoms with Crippen LogP contribution in [0.1, 0.15) is 27.3 Å². The van der Waals surface area contributed by atoms with Crippen molar-refractivity contribution in [1.82, 2.24) is 24.9 Å². The van der Waals surface area contributed by atoms with E-state index in [1.165, 1.54) is 0 Å². The molecule has 4 rings (SSSR count). The van der Waals surface area contributed by atoms with Crippen LogP contribution in [0.4, 0.5) is 0 Å². The lowest BCUT2D eigenvalue weighted by Crippen LogP contribution is -2.12. The minimum absolute atomic E-state index is 0.0472. The number of hydrogen-bond acceptors (Lipinski definition) is 4. The summed E-state index contributed by atoms with van der Waals surface area (Å²) in [6.07, 6.45) is 3.83. The summed E-state index contributed by atoms with van der Waals surface area (Å²) in [6, 6.07) is 5.76. The third kappa shape index (κ3) is 2.77. The normalized spacial score (nSPS) is 13.0. The highest BCUT2D eigenvalue weighted by Crippen LogP contribution is 2.36. The zero-order valence-electron chi connectivity index (χ0n) is 14.4. The molecule has 1 aliphatic heterocycles. The highest BCUT2D eigenvalue weighted by Gasteiger charge is 2.23. The van der Waals surface area contributed by atoms with Crippen molar-refractivity contribution < 1.29 is 9.53 Å². The van der Waals surface area contributed by atoms with Gasteiger partial charge in [0, 0.05) is 49.7 Å². The quantitative estimate of drug-likeness (QED) is 0.790. The number of aryl methyl sites for hydroxylation is 3. The van der Waals surface area contributed by atoms with Gasteiger partial charge in [-0.15, -0.1) is 0 Å². The standard InChI is InChI=1S/C18H19N5O2/c1-11-16(9-23(3)20-11)15-7-14-12(8-19-18(14)24)6-17(15)25-10-13-4-5-22(2)21-13/h4-7,9H,8,10H2,1-3H3,(H,19,24). The van der Waals surface area contributed by atoms with E-state index in [2.05, 4.69) is 15.5 Å². The second kappa shape index (κ2) is 5.77. The largest absolute Gasteiger partial charge is 0.487 e. The first kappa shape index (κ1) is 15.4. The van der Waals surface area contributed by atoms with Crippen LogP contribution in [0.5, 0.6) is 5.75 Å². The fraction of sp³-hybridized carbons (Fsp3) is 0.278. The van der Waals surface area contributed by atoms with Gasteiger partial charge in [-0.2, -0.15) is 10.2 Å². The molecule has 0 unspecified atom stereocenters. The number of nitrogens with zero attached hydrogens (tertiary/aromatic N) is 4. The monoisotopic (exact) mass is 337 g/mol. The van der Waals surface area contributed by atoms with Crippen LogP contribution in [0.3, 0.4) is 0 Å². The highest BCUT2D eigenvalue weighted by atomic mass is 16.5. The second-order valence-corrected chi connectivity index (χ2v) is 6.26. The van der Waals surface area contributed by atoms with E-state index in [0.717, 1.165) is 33.8 Å². The number of amides is 1. The van der Waals surface area contributed by atoms with Gasteiger partial charge in [0.1, 0.15) is 12.4 Å². The molecule has 1 N–H and O–H groups in total. The molecule has 3 aromatic rings. The van der Waals surface area contributed by atoms with E-state index in [4.69, 9.17) is 4.74 Å². The zero-order valence-corrected chi connectivity index (χ0v) is 14.4. The minimum Gasteiger partial charge on any atom is -0.487 e. The van der Waals surface area contributed by atoms with Crippen molar-refractivity contribution >= 4 is 5.91 Å². The predicted octanol–water partition coefficient (Wildman–Crippen LogP) is 1.95. The van der Waals surface area contributed by atoms with Crippen LogP contribution >= 0.6 is 0 Å². The molecule has 0 saturated carbocycles. The molecular weight excluding hydrogens is 318 g/mol. The topological polar surface area (TPSA) is 74.0 Å². The summed E-state index contributed by atoms with van der Waals surface area (Å²) >= 11 is 0. The Morgan fingerprint density at radius 2 is 2.00 bits per heavy atom. The first-order valence-electron chi connectivity index (χ1n) is 8.08. The van der Waals surface area contributed by atoms with Crippen molar-refractivity contribution in [3.8, 4) is 16.9 Å². The van der Waals surface area contributed by atoms with Gasteiger partial charge in [0.25, 0.3) is 5.91 Å². The molecule has 0 aliphatic carbocycles. The van der Waals surface area contributed by atoms with Crippen molar-refractivity contribution in [2.75, 3.05) is 0 Å². The van der Waals surface area contributed by atoms with Gasteiger partial charge in [0.05, 0.1) is 11.4 Å². The predicted molar refractivity (Wildman–Crippen MR) is 92.1 cm³/mol. The summed E-state index contributed by atoms with van der Waals surface area (Å²) in [5.41, 5.74) is 5.22. The lowest BCUT2D eigenvalue weighted by atomic mass is 9.99. The Kier molecular flexibility index (Phi) is 3.56. The molecule has 7 nitrogen and oxygen atoms in total. The first-order valence-corrected chi connectivity index (χ1v) is 8.08. The van der Waals surface area contributed by atoms with E-state index in [1.807, 2.05) is 51.6 Å². The van der Waals surface area contributed by atoms with E-state index < -0.39 is 0 Å². The molecule has 1 aliphatic rings. The molecule has 1 amide bonds. The molecular formula is C18H19N5O2. The van der Waals surface area contributed by atoms with Gasteiger partial charge in [0.15, 0.2) is 0 Å². The average Bonchev–Trinajstić information content (AvgIpc) is 3.24. The van der Waals surface area contributed by atoms with Crippen molar-refractivity contribution in [3.05, 3.63) is 53.1 Å². The van der Waals surface area contributed by atoms with Crippen LogP contribution in [-0.4, -0.2) is 25.5 Å². The van der Waals surface area contributed by atoms with Crippen molar-refractivity contribution in [2.24, 2.45) is 14.1 Å². The van der Waals surface area contributed by atoms with Crippen LogP contribution < -0.4 is 10.1 Å². The van der Waals surface area contributed by atoms with Crippen LogP contribution in [0, 0.1) is 6.92 Å². The zero-order chi connectivity index (χ0) is 17.6. The maximum atomic E-state index is 12.0. The van der Waals surface area contributed by atoms with E-state index in [1.54, 1.807) is 9.36 Å². The van der Waals surface area contributed by atoms with Gasteiger partial charge < -0.3 is 10.1 Å². The van der Waals surface area contributed by atoms with E-state index in [-0.39, 0.29) is 5.91 Å². The summed E-state index contributed by atoms with van der Waals surface area (Å²) in [5.74, 6) is 0.686. The molecule has 128 valence electrons. The molecule has 0 radical (unpaired) electrons. The highest BCUT2D eigenvalue weighted by molar-refractivity contribution is 6.00. The molecule has 2 aromatic heterocycles. The Labute approximate surface area is 145 Å². The fourth-order valence-electron chi connectivity index (χ4n) is 3.14. The number of carbonyl (C=O) groups excluding carboxylic acids is 1. The van der Waals surface area contributed by atoms with E-state index in [0.29, 0.717) is 18.7 Å². The third-order valence-corrected chi connectivity index (χ3v) is 4.34. The third-order valence-electron chi connectivity index (χ3n) is 4.34.